The summed E-state index contributed by atoms with van der Waals surface area (Å²) in [4.78, 5) is 21.0. The minimum absolute atomic E-state index is 0.205. The Morgan fingerprint density at radius 2 is 1.54 bits per heavy atom. The van der Waals surface area contributed by atoms with E-state index in [1.54, 1.807) is 41.5 Å². The van der Waals surface area contributed by atoms with E-state index in [9.17, 15) is 14.0 Å². The molecule has 0 saturated carbocycles. The molecule has 0 aliphatic carbocycles. The van der Waals surface area contributed by atoms with Gasteiger partial charge in [0.2, 0.25) is 0 Å². The molecule has 0 unspecified atom stereocenters. The summed E-state index contributed by atoms with van der Waals surface area (Å²) < 4.78 is 27.1. The predicted octanol–water partition coefficient (Wildman–Crippen LogP) is 4.20. The Hall–Kier alpha value is -2.51. The fourth-order valence-corrected chi connectivity index (χ4v) is 1.22. The van der Waals surface area contributed by atoms with Gasteiger partial charge in [0.15, 0.2) is 11.6 Å². The van der Waals surface area contributed by atoms with Gasteiger partial charge in [0, 0.05) is 11.8 Å². The fourth-order valence-electron chi connectivity index (χ4n) is 1.22. The summed E-state index contributed by atoms with van der Waals surface area (Å²) in [6.07, 6.45) is -2.17. The second kappa shape index (κ2) is 8.37. The molecule has 0 saturated heterocycles. The molecule has 8 heteroatoms. The summed E-state index contributed by atoms with van der Waals surface area (Å²) >= 11 is 0. The molecule has 1 aromatic carbocycles. The lowest BCUT2D eigenvalue weighted by Gasteiger charge is -2.18. The standard InChI is InChI=1S/C11H14FNO3.C5H10O3/c1-11(2,3)16-10(14)15-9-5-4-7(13)6-8(9)12;1-5(2,3)8-4(6)7/h4-6H,13H2,1-3H3;1-3H3,(H,6,7). The second-order valence-electron chi connectivity index (χ2n) is 6.74. The quantitative estimate of drug-likeness (QED) is 0.446. The Morgan fingerprint density at radius 3 is 1.88 bits per heavy atom. The van der Waals surface area contributed by atoms with Gasteiger partial charge in [-0.1, -0.05) is 0 Å². The van der Waals surface area contributed by atoms with E-state index in [0.29, 0.717) is 0 Å². The van der Waals surface area contributed by atoms with Crippen LogP contribution in [0.5, 0.6) is 5.75 Å². The van der Waals surface area contributed by atoms with E-state index in [1.807, 2.05) is 0 Å². The van der Waals surface area contributed by atoms with Crippen molar-refractivity contribution in [3.8, 4) is 5.75 Å². The molecule has 136 valence electrons. The van der Waals surface area contributed by atoms with Crippen molar-refractivity contribution in [2.45, 2.75) is 52.7 Å². The molecule has 0 amide bonds. The van der Waals surface area contributed by atoms with Crippen molar-refractivity contribution in [1.82, 2.24) is 0 Å². The molecule has 0 spiro atoms. The number of nitrogens with two attached hydrogens (primary N) is 1. The second-order valence-corrected chi connectivity index (χ2v) is 6.74. The molecule has 0 bridgehead atoms. The highest BCUT2D eigenvalue weighted by Gasteiger charge is 2.19. The van der Waals surface area contributed by atoms with Crippen LogP contribution in [0.25, 0.3) is 0 Å². The lowest BCUT2D eigenvalue weighted by molar-refractivity contribution is 0.0146. The molecule has 0 aliphatic heterocycles. The first-order valence-corrected chi connectivity index (χ1v) is 7.07. The lowest BCUT2D eigenvalue weighted by Crippen LogP contribution is -2.26. The third-order valence-corrected chi connectivity index (χ3v) is 1.93. The monoisotopic (exact) mass is 345 g/mol. The van der Waals surface area contributed by atoms with Gasteiger partial charge in [0.05, 0.1) is 0 Å². The molecule has 0 atom stereocenters. The van der Waals surface area contributed by atoms with E-state index in [0.717, 1.165) is 6.07 Å². The summed E-state index contributed by atoms with van der Waals surface area (Å²) in [6.45, 7) is 10.1. The van der Waals surface area contributed by atoms with E-state index in [4.69, 9.17) is 15.6 Å². The smallest absolute Gasteiger partial charge is 0.450 e. The molecule has 3 N–H and O–H groups in total. The number of hydrogen-bond donors (Lipinski definition) is 2. The number of carbonyl (C=O) groups is 2. The topological polar surface area (TPSA) is 108 Å². The van der Waals surface area contributed by atoms with Crippen molar-refractivity contribution >= 4 is 18.0 Å². The average molecular weight is 345 g/mol. The molecule has 0 radical (unpaired) electrons. The van der Waals surface area contributed by atoms with Gasteiger partial charge < -0.3 is 25.1 Å². The van der Waals surface area contributed by atoms with E-state index in [-0.39, 0.29) is 11.4 Å². The van der Waals surface area contributed by atoms with Crippen LogP contribution >= 0.6 is 0 Å². The molecule has 1 aromatic rings. The zero-order valence-electron chi connectivity index (χ0n) is 14.7. The van der Waals surface area contributed by atoms with Crippen molar-refractivity contribution in [2.75, 3.05) is 5.73 Å². The summed E-state index contributed by atoms with van der Waals surface area (Å²) in [6, 6.07) is 3.77. The third kappa shape index (κ3) is 11.1. The van der Waals surface area contributed by atoms with Crippen LogP contribution in [-0.4, -0.2) is 28.6 Å². The summed E-state index contributed by atoms with van der Waals surface area (Å²) in [5, 5.41) is 8.03. The van der Waals surface area contributed by atoms with Crippen molar-refractivity contribution in [2.24, 2.45) is 0 Å². The van der Waals surface area contributed by atoms with Crippen LogP contribution in [-0.2, 0) is 9.47 Å². The number of ether oxygens (including phenoxy) is 3. The van der Waals surface area contributed by atoms with Crippen molar-refractivity contribution < 1.29 is 33.3 Å². The van der Waals surface area contributed by atoms with Crippen LogP contribution < -0.4 is 10.5 Å². The molecule has 0 aliphatic rings. The highest BCUT2D eigenvalue weighted by molar-refractivity contribution is 5.64. The summed E-state index contributed by atoms with van der Waals surface area (Å²) in [7, 11) is 0. The Labute approximate surface area is 140 Å². The maximum Gasteiger partial charge on any atom is 0.514 e. The Bertz CT molecular complexity index is 575. The SMILES string of the molecule is CC(C)(C)OC(=O)O.CC(C)(C)OC(=O)Oc1ccc(N)cc1F. The van der Waals surface area contributed by atoms with Crippen LogP contribution in [0.3, 0.4) is 0 Å². The fraction of sp³-hybridized carbons (Fsp3) is 0.500. The van der Waals surface area contributed by atoms with E-state index < -0.39 is 29.3 Å². The maximum absolute atomic E-state index is 13.2. The zero-order chi connectivity index (χ0) is 19.1. The van der Waals surface area contributed by atoms with Gasteiger partial charge in [-0.15, -0.1) is 0 Å². The molecule has 0 aromatic heterocycles. The predicted molar refractivity (Wildman–Crippen MR) is 86.5 cm³/mol. The van der Waals surface area contributed by atoms with Crippen LogP contribution in [0.4, 0.5) is 19.7 Å². The number of nitrogen functional groups attached to an aromatic ring is 1. The van der Waals surface area contributed by atoms with Crippen LogP contribution in [0.2, 0.25) is 0 Å². The summed E-state index contributed by atoms with van der Waals surface area (Å²) in [5.41, 5.74) is 4.35. The van der Waals surface area contributed by atoms with Gasteiger partial charge in [-0.2, -0.15) is 0 Å². The molecular formula is C16H24FNO6. The van der Waals surface area contributed by atoms with Gasteiger partial charge in [-0.05, 0) is 53.7 Å². The van der Waals surface area contributed by atoms with E-state index in [1.165, 1.54) is 12.1 Å². The van der Waals surface area contributed by atoms with Crippen molar-refractivity contribution in [1.29, 1.82) is 0 Å². The molecule has 0 fully saturated rings. The first-order chi connectivity index (χ1) is 10.7. The summed E-state index contributed by atoms with van der Waals surface area (Å²) in [5.74, 6) is -0.908. The Balaban J connectivity index is 0.000000561. The lowest BCUT2D eigenvalue weighted by atomic mass is 10.2. The molecular weight excluding hydrogens is 321 g/mol. The number of carboxylic acid groups (broad SMARTS) is 1. The average Bonchev–Trinajstić information content (AvgIpc) is 2.27. The van der Waals surface area contributed by atoms with E-state index in [2.05, 4.69) is 9.47 Å². The van der Waals surface area contributed by atoms with E-state index >= 15 is 0 Å². The number of benzene rings is 1. The number of hydrogen-bond acceptors (Lipinski definition) is 6. The van der Waals surface area contributed by atoms with Gasteiger partial charge in [0.25, 0.3) is 0 Å². The van der Waals surface area contributed by atoms with Crippen molar-refractivity contribution in [3.05, 3.63) is 24.0 Å². The number of carbonyl (C=O) groups excluding carboxylic acids is 1. The van der Waals surface area contributed by atoms with Crippen LogP contribution in [0.15, 0.2) is 18.2 Å². The largest absolute Gasteiger partial charge is 0.514 e. The first-order valence-electron chi connectivity index (χ1n) is 7.07. The van der Waals surface area contributed by atoms with Crippen LogP contribution in [0.1, 0.15) is 41.5 Å². The number of halogens is 1. The molecule has 24 heavy (non-hydrogen) atoms. The Kier molecular flexibility index (Phi) is 7.50. The maximum atomic E-state index is 13.2. The minimum atomic E-state index is -1.22. The Morgan fingerprint density at radius 1 is 1.04 bits per heavy atom. The highest BCUT2D eigenvalue weighted by atomic mass is 19.1. The van der Waals surface area contributed by atoms with Gasteiger partial charge in [0.1, 0.15) is 11.2 Å². The third-order valence-electron chi connectivity index (χ3n) is 1.93. The first kappa shape index (κ1) is 21.5. The van der Waals surface area contributed by atoms with Crippen LogP contribution in [0, 0.1) is 5.82 Å². The minimum Gasteiger partial charge on any atom is -0.450 e. The van der Waals surface area contributed by atoms with Gasteiger partial charge >= 0.3 is 12.3 Å². The molecule has 7 nitrogen and oxygen atoms in total. The zero-order valence-corrected chi connectivity index (χ0v) is 14.7. The number of anilines is 1. The normalized spacial score (nSPS) is 11.0. The van der Waals surface area contributed by atoms with Gasteiger partial charge in [-0.3, -0.25) is 0 Å². The number of rotatable bonds is 1. The van der Waals surface area contributed by atoms with Crippen molar-refractivity contribution in [3.63, 3.8) is 0 Å². The highest BCUT2D eigenvalue weighted by Crippen LogP contribution is 2.20. The van der Waals surface area contributed by atoms with Gasteiger partial charge in [-0.25, -0.2) is 14.0 Å². The molecule has 0 heterocycles. The molecule has 1 rings (SSSR count).